The van der Waals surface area contributed by atoms with Crippen LogP contribution >= 0.6 is 0 Å². The standard InChI is InChI=1S/C15H20N2O2/c1-4-12(3)17-6-5-13(16-17)10-19-15-8-11(2)7-14(18)9-15/h5-9,12,18H,4,10H2,1-3H3. The zero-order valence-corrected chi connectivity index (χ0v) is 11.6. The summed E-state index contributed by atoms with van der Waals surface area (Å²) in [6.07, 6.45) is 3.02. The molecule has 1 N–H and O–H groups in total. The SMILES string of the molecule is CCC(C)n1ccc(COc2cc(C)cc(O)c2)n1. The fourth-order valence-corrected chi connectivity index (χ4v) is 1.86. The number of benzene rings is 1. The van der Waals surface area contributed by atoms with Crippen molar-refractivity contribution in [1.29, 1.82) is 0 Å². The summed E-state index contributed by atoms with van der Waals surface area (Å²) in [5.74, 6) is 0.885. The molecule has 2 aromatic rings. The van der Waals surface area contributed by atoms with Crippen LogP contribution in [-0.2, 0) is 6.61 Å². The molecule has 1 aromatic heterocycles. The van der Waals surface area contributed by atoms with Crippen molar-refractivity contribution in [2.45, 2.75) is 39.8 Å². The van der Waals surface area contributed by atoms with Crippen molar-refractivity contribution < 1.29 is 9.84 Å². The van der Waals surface area contributed by atoms with Crippen molar-refractivity contribution in [2.75, 3.05) is 0 Å². The first-order valence-electron chi connectivity index (χ1n) is 6.56. The van der Waals surface area contributed by atoms with E-state index in [0.717, 1.165) is 17.7 Å². The second kappa shape index (κ2) is 5.78. The molecule has 19 heavy (non-hydrogen) atoms. The van der Waals surface area contributed by atoms with E-state index < -0.39 is 0 Å². The third-order valence-corrected chi connectivity index (χ3v) is 3.13. The highest BCUT2D eigenvalue weighted by Gasteiger charge is 2.05. The van der Waals surface area contributed by atoms with Crippen LogP contribution in [0.25, 0.3) is 0 Å². The lowest BCUT2D eigenvalue weighted by Gasteiger charge is -2.09. The summed E-state index contributed by atoms with van der Waals surface area (Å²) in [4.78, 5) is 0. The van der Waals surface area contributed by atoms with Gasteiger partial charge < -0.3 is 9.84 Å². The van der Waals surface area contributed by atoms with Gasteiger partial charge in [-0.25, -0.2) is 0 Å². The predicted molar refractivity (Wildman–Crippen MR) is 74.4 cm³/mol. The van der Waals surface area contributed by atoms with Gasteiger partial charge in [0.15, 0.2) is 0 Å². The Balaban J connectivity index is 2.00. The van der Waals surface area contributed by atoms with Gasteiger partial charge in [0, 0.05) is 18.3 Å². The van der Waals surface area contributed by atoms with E-state index in [1.54, 1.807) is 12.1 Å². The van der Waals surface area contributed by atoms with E-state index in [4.69, 9.17) is 4.74 Å². The molecule has 0 saturated carbocycles. The lowest BCUT2D eigenvalue weighted by atomic mass is 10.2. The van der Waals surface area contributed by atoms with E-state index in [0.29, 0.717) is 18.4 Å². The van der Waals surface area contributed by atoms with Gasteiger partial charge >= 0.3 is 0 Å². The van der Waals surface area contributed by atoms with Crippen LogP contribution in [0.4, 0.5) is 0 Å². The minimum absolute atomic E-state index is 0.222. The Kier molecular flexibility index (Phi) is 4.10. The molecule has 0 radical (unpaired) electrons. The molecular formula is C15H20N2O2. The lowest BCUT2D eigenvalue weighted by molar-refractivity contribution is 0.296. The van der Waals surface area contributed by atoms with E-state index in [9.17, 15) is 5.11 Å². The number of aromatic nitrogens is 2. The minimum Gasteiger partial charge on any atom is -0.508 e. The average molecular weight is 260 g/mol. The summed E-state index contributed by atoms with van der Waals surface area (Å²) >= 11 is 0. The number of hydrogen-bond acceptors (Lipinski definition) is 3. The normalized spacial score (nSPS) is 12.4. The average Bonchev–Trinajstić information content (AvgIpc) is 2.83. The molecule has 0 aliphatic carbocycles. The fourth-order valence-electron chi connectivity index (χ4n) is 1.86. The van der Waals surface area contributed by atoms with Crippen molar-refractivity contribution >= 4 is 0 Å². The first-order chi connectivity index (χ1) is 9.08. The Bertz CT molecular complexity index is 529. The second-order valence-electron chi connectivity index (χ2n) is 4.84. The number of hydrogen-bond donors (Lipinski definition) is 1. The van der Waals surface area contributed by atoms with Crippen LogP contribution in [0, 0.1) is 6.92 Å². The largest absolute Gasteiger partial charge is 0.508 e. The van der Waals surface area contributed by atoms with E-state index in [1.165, 1.54) is 0 Å². The monoisotopic (exact) mass is 260 g/mol. The highest BCUT2D eigenvalue weighted by atomic mass is 16.5. The summed E-state index contributed by atoms with van der Waals surface area (Å²) < 4.78 is 7.60. The van der Waals surface area contributed by atoms with Gasteiger partial charge in [-0.05, 0) is 44.0 Å². The number of ether oxygens (including phenoxy) is 1. The molecule has 0 amide bonds. The Morgan fingerprint density at radius 2 is 2.16 bits per heavy atom. The van der Waals surface area contributed by atoms with Crippen LogP contribution in [0.15, 0.2) is 30.5 Å². The molecule has 0 spiro atoms. The van der Waals surface area contributed by atoms with Crippen molar-refractivity contribution in [3.8, 4) is 11.5 Å². The molecule has 102 valence electrons. The maximum absolute atomic E-state index is 9.50. The molecule has 0 bridgehead atoms. The second-order valence-corrected chi connectivity index (χ2v) is 4.84. The molecule has 0 saturated heterocycles. The van der Waals surface area contributed by atoms with Crippen LogP contribution in [-0.4, -0.2) is 14.9 Å². The first-order valence-corrected chi connectivity index (χ1v) is 6.56. The predicted octanol–water partition coefficient (Wildman–Crippen LogP) is 3.45. The molecule has 0 fully saturated rings. The summed E-state index contributed by atoms with van der Waals surface area (Å²) in [7, 11) is 0. The number of phenols is 1. The molecule has 1 aromatic carbocycles. The Hall–Kier alpha value is -1.97. The van der Waals surface area contributed by atoms with Gasteiger partial charge in [-0.3, -0.25) is 4.68 Å². The van der Waals surface area contributed by atoms with Crippen LogP contribution in [0.5, 0.6) is 11.5 Å². The van der Waals surface area contributed by atoms with Crippen LogP contribution < -0.4 is 4.74 Å². The molecule has 0 aliphatic heterocycles. The van der Waals surface area contributed by atoms with E-state index >= 15 is 0 Å². The minimum atomic E-state index is 0.222. The Morgan fingerprint density at radius 3 is 2.84 bits per heavy atom. The topological polar surface area (TPSA) is 47.3 Å². The number of aryl methyl sites for hydroxylation is 1. The van der Waals surface area contributed by atoms with E-state index in [-0.39, 0.29) is 5.75 Å². The summed E-state index contributed by atoms with van der Waals surface area (Å²) in [5.41, 5.74) is 1.86. The van der Waals surface area contributed by atoms with Crippen molar-refractivity contribution in [3.05, 3.63) is 41.7 Å². The van der Waals surface area contributed by atoms with Gasteiger partial charge in [-0.15, -0.1) is 0 Å². The molecule has 1 heterocycles. The molecule has 1 atom stereocenters. The van der Waals surface area contributed by atoms with Crippen molar-refractivity contribution in [3.63, 3.8) is 0 Å². The zero-order chi connectivity index (χ0) is 13.8. The maximum Gasteiger partial charge on any atom is 0.132 e. The Labute approximate surface area is 113 Å². The fraction of sp³-hybridized carbons (Fsp3) is 0.400. The molecule has 2 rings (SSSR count). The highest BCUT2D eigenvalue weighted by Crippen LogP contribution is 2.22. The number of nitrogens with zero attached hydrogens (tertiary/aromatic N) is 2. The van der Waals surface area contributed by atoms with Crippen molar-refractivity contribution in [2.24, 2.45) is 0 Å². The molecular weight excluding hydrogens is 240 g/mol. The van der Waals surface area contributed by atoms with Gasteiger partial charge in [0.25, 0.3) is 0 Å². The lowest BCUT2D eigenvalue weighted by Crippen LogP contribution is -2.05. The van der Waals surface area contributed by atoms with Gasteiger partial charge in [0.1, 0.15) is 18.1 Å². The first kappa shape index (κ1) is 13.5. The summed E-state index contributed by atoms with van der Waals surface area (Å²) in [6.45, 7) is 6.60. The van der Waals surface area contributed by atoms with Gasteiger partial charge in [-0.1, -0.05) is 6.92 Å². The van der Waals surface area contributed by atoms with Crippen LogP contribution in [0.1, 0.15) is 37.6 Å². The van der Waals surface area contributed by atoms with E-state index in [1.807, 2.05) is 29.9 Å². The van der Waals surface area contributed by atoms with Gasteiger partial charge in [-0.2, -0.15) is 5.10 Å². The Morgan fingerprint density at radius 1 is 1.37 bits per heavy atom. The third kappa shape index (κ3) is 3.50. The van der Waals surface area contributed by atoms with Crippen LogP contribution in [0.2, 0.25) is 0 Å². The molecule has 0 aliphatic rings. The smallest absolute Gasteiger partial charge is 0.132 e. The molecule has 4 heteroatoms. The number of aromatic hydroxyl groups is 1. The van der Waals surface area contributed by atoms with Crippen LogP contribution in [0.3, 0.4) is 0 Å². The number of rotatable bonds is 5. The zero-order valence-electron chi connectivity index (χ0n) is 11.6. The summed E-state index contributed by atoms with van der Waals surface area (Å²) in [6, 6.07) is 7.56. The van der Waals surface area contributed by atoms with E-state index in [2.05, 4.69) is 18.9 Å². The summed E-state index contributed by atoms with van der Waals surface area (Å²) in [5, 5.41) is 14.0. The maximum atomic E-state index is 9.50. The highest BCUT2D eigenvalue weighted by molar-refractivity contribution is 5.36. The van der Waals surface area contributed by atoms with Gasteiger partial charge in [0.05, 0.1) is 5.69 Å². The van der Waals surface area contributed by atoms with Crippen molar-refractivity contribution in [1.82, 2.24) is 9.78 Å². The number of phenolic OH excluding ortho intramolecular Hbond substituents is 1. The third-order valence-electron chi connectivity index (χ3n) is 3.13. The van der Waals surface area contributed by atoms with Gasteiger partial charge in [0.2, 0.25) is 0 Å². The molecule has 1 unspecified atom stereocenters. The molecule has 4 nitrogen and oxygen atoms in total. The quantitative estimate of drug-likeness (QED) is 0.895.